The van der Waals surface area contributed by atoms with Gasteiger partial charge in [0.1, 0.15) is 38.6 Å². The lowest BCUT2D eigenvalue weighted by atomic mass is 10.3. The summed E-state index contributed by atoms with van der Waals surface area (Å²) in [5.41, 5.74) is 0.399. The minimum Gasteiger partial charge on any atom is -0.463 e. The van der Waals surface area contributed by atoms with E-state index in [1.807, 2.05) is 0 Å². The van der Waals surface area contributed by atoms with Gasteiger partial charge in [-0.3, -0.25) is 9.59 Å². The Bertz CT molecular complexity index is 592. The van der Waals surface area contributed by atoms with Crippen molar-refractivity contribution in [3.8, 4) is 0 Å². The lowest BCUT2D eigenvalue weighted by Crippen LogP contribution is -2.25. The van der Waals surface area contributed by atoms with Gasteiger partial charge in [-0.2, -0.15) is 11.8 Å². The highest BCUT2D eigenvalue weighted by Crippen LogP contribution is 2.07. The Morgan fingerprint density at radius 2 is 1.03 bits per heavy atom. The van der Waals surface area contributed by atoms with Gasteiger partial charge in [-0.05, 0) is 13.8 Å². The van der Waals surface area contributed by atoms with Gasteiger partial charge in [-0.25, -0.2) is 9.59 Å². The van der Waals surface area contributed by atoms with Gasteiger partial charge in [-0.1, -0.05) is 13.2 Å². The first-order chi connectivity index (χ1) is 14.5. The fraction of sp³-hybridized carbons (Fsp3) is 0.600. The van der Waals surface area contributed by atoms with Gasteiger partial charge in [0.2, 0.25) is 0 Å². The number of ether oxygens (including phenoxy) is 4. The summed E-state index contributed by atoms with van der Waals surface area (Å²) in [7, 11) is 0. The van der Waals surface area contributed by atoms with E-state index in [-0.39, 0.29) is 50.4 Å². The molecule has 0 radical (unpaired) electrons. The van der Waals surface area contributed by atoms with Gasteiger partial charge in [0, 0.05) is 22.7 Å². The zero-order valence-electron chi connectivity index (χ0n) is 17.8. The van der Waals surface area contributed by atoms with Gasteiger partial charge in [-0.15, -0.1) is 0 Å². The molecule has 2 atom stereocenters. The summed E-state index contributed by atoms with van der Waals surface area (Å²) >= 11 is 1.33. The number of esters is 4. The van der Waals surface area contributed by atoms with Crippen molar-refractivity contribution in [3.05, 3.63) is 24.3 Å². The highest BCUT2D eigenvalue weighted by Gasteiger charge is 2.14. The summed E-state index contributed by atoms with van der Waals surface area (Å²) < 4.78 is 19.2. The monoisotopic (exact) mass is 462 g/mol. The molecule has 0 fully saturated rings. The molecule has 0 amide bonds. The van der Waals surface area contributed by atoms with Crippen molar-refractivity contribution in [2.45, 2.75) is 38.9 Å². The van der Waals surface area contributed by atoms with Crippen molar-refractivity contribution in [3.63, 3.8) is 0 Å². The average Bonchev–Trinajstić information content (AvgIpc) is 2.72. The number of carbonyl (C=O) groups excluding carboxylic acids is 4. The number of carbonyl (C=O) groups is 4. The minimum atomic E-state index is -1.13. The highest BCUT2D eigenvalue weighted by atomic mass is 32.2. The van der Waals surface area contributed by atoms with Crippen LogP contribution in [0.15, 0.2) is 24.3 Å². The van der Waals surface area contributed by atoms with Crippen LogP contribution >= 0.6 is 11.8 Å². The highest BCUT2D eigenvalue weighted by molar-refractivity contribution is 7.99. The predicted molar refractivity (Wildman–Crippen MR) is 112 cm³/mol. The van der Waals surface area contributed by atoms with Gasteiger partial charge < -0.3 is 29.2 Å². The second-order valence-electron chi connectivity index (χ2n) is 6.54. The van der Waals surface area contributed by atoms with Crippen LogP contribution in [0.2, 0.25) is 0 Å². The first-order valence-corrected chi connectivity index (χ1v) is 10.6. The zero-order chi connectivity index (χ0) is 23.8. The normalized spacial score (nSPS) is 12.3. The fourth-order valence-electron chi connectivity index (χ4n) is 1.62. The molecule has 0 aromatic carbocycles. The molecular formula is C20H30O10S. The van der Waals surface area contributed by atoms with Crippen LogP contribution in [-0.2, 0) is 38.1 Å². The Kier molecular flexibility index (Phi) is 15.1. The Hall–Kier alpha value is -2.37. The lowest BCUT2D eigenvalue weighted by molar-refractivity contribution is -0.151. The average molecular weight is 463 g/mol. The maximum absolute atomic E-state index is 11.6. The summed E-state index contributed by atoms with van der Waals surface area (Å²) in [6.45, 7) is 8.53. The quantitative estimate of drug-likeness (QED) is 0.143. The molecule has 0 heterocycles. The van der Waals surface area contributed by atoms with Gasteiger partial charge in [0.05, 0.1) is 12.8 Å². The van der Waals surface area contributed by atoms with Crippen molar-refractivity contribution in [2.24, 2.45) is 0 Å². The molecule has 31 heavy (non-hydrogen) atoms. The molecule has 0 bridgehead atoms. The van der Waals surface area contributed by atoms with Crippen LogP contribution in [0.1, 0.15) is 26.7 Å². The molecule has 0 saturated heterocycles. The van der Waals surface area contributed by atoms with Crippen LogP contribution < -0.4 is 0 Å². The van der Waals surface area contributed by atoms with Crippen molar-refractivity contribution < 1.29 is 48.3 Å². The summed E-state index contributed by atoms with van der Waals surface area (Å²) in [5, 5.41) is 19.2. The molecular weight excluding hydrogens is 432 g/mol. The van der Waals surface area contributed by atoms with E-state index in [0.717, 1.165) is 0 Å². The number of thioether (sulfide) groups is 1. The number of rotatable bonds is 16. The number of aliphatic hydroxyl groups excluding tert-OH is 2. The molecule has 10 nitrogen and oxygen atoms in total. The maximum atomic E-state index is 11.6. The first kappa shape index (κ1) is 28.6. The second-order valence-corrected chi connectivity index (χ2v) is 7.77. The SMILES string of the molecule is C=C(C)C(=O)OCC(O)COC(=O)CCSCCC(=O)OCC(O)COC(=O)C(=C)C. The zero-order valence-corrected chi connectivity index (χ0v) is 18.6. The fourth-order valence-corrected chi connectivity index (χ4v) is 2.45. The molecule has 0 spiro atoms. The molecule has 176 valence electrons. The smallest absolute Gasteiger partial charge is 0.333 e. The van der Waals surface area contributed by atoms with Crippen molar-refractivity contribution >= 4 is 35.6 Å². The van der Waals surface area contributed by atoms with Gasteiger partial charge in [0.25, 0.3) is 0 Å². The van der Waals surface area contributed by atoms with Crippen LogP contribution in [0.25, 0.3) is 0 Å². The van der Waals surface area contributed by atoms with Crippen molar-refractivity contribution in [2.75, 3.05) is 37.9 Å². The third-order valence-corrected chi connectivity index (χ3v) is 4.27. The Labute approximate surface area is 185 Å². The molecule has 2 unspecified atom stereocenters. The van der Waals surface area contributed by atoms with E-state index in [1.54, 1.807) is 0 Å². The molecule has 2 N–H and O–H groups in total. The molecule has 0 rings (SSSR count). The summed E-state index contributed by atoms with van der Waals surface area (Å²) in [6, 6.07) is 0. The molecule has 11 heteroatoms. The van der Waals surface area contributed by atoms with E-state index in [0.29, 0.717) is 11.5 Å². The topological polar surface area (TPSA) is 146 Å². The van der Waals surface area contributed by atoms with E-state index in [4.69, 9.17) is 18.9 Å². The molecule has 0 aromatic rings. The number of hydrogen-bond donors (Lipinski definition) is 2. The Morgan fingerprint density at radius 3 is 1.35 bits per heavy atom. The first-order valence-electron chi connectivity index (χ1n) is 9.43. The Morgan fingerprint density at radius 1 is 0.710 bits per heavy atom. The van der Waals surface area contributed by atoms with E-state index in [9.17, 15) is 29.4 Å². The van der Waals surface area contributed by atoms with Crippen LogP contribution in [-0.4, -0.2) is 84.2 Å². The number of aliphatic hydroxyl groups is 2. The van der Waals surface area contributed by atoms with Gasteiger partial charge in [0.15, 0.2) is 0 Å². The molecule has 0 aliphatic heterocycles. The summed E-state index contributed by atoms with van der Waals surface area (Å²) in [4.78, 5) is 45.5. The third-order valence-electron chi connectivity index (χ3n) is 3.29. The van der Waals surface area contributed by atoms with Crippen molar-refractivity contribution in [1.82, 2.24) is 0 Å². The summed E-state index contributed by atoms with van der Waals surface area (Å²) in [5.74, 6) is -1.55. The Balaban J connectivity index is 3.73. The van der Waals surface area contributed by atoms with Crippen LogP contribution in [0, 0.1) is 0 Å². The van der Waals surface area contributed by atoms with Crippen LogP contribution in [0.3, 0.4) is 0 Å². The molecule has 0 saturated carbocycles. The predicted octanol–water partition coefficient (Wildman–Crippen LogP) is 0.547. The standard InChI is InChI=1S/C20H30O10S/c1-13(2)19(25)29-11-15(21)9-27-17(23)5-7-31-8-6-18(24)28-10-16(22)12-30-20(26)14(3)4/h15-16,21-22H,1,3,5-12H2,2,4H3. The number of hydrogen-bond acceptors (Lipinski definition) is 11. The summed E-state index contributed by atoms with van der Waals surface area (Å²) in [6.07, 6.45) is -2.11. The molecule has 0 aliphatic rings. The van der Waals surface area contributed by atoms with Gasteiger partial charge >= 0.3 is 23.9 Å². The van der Waals surface area contributed by atoms with Crippen molar-refractivity contribution in [1.29, 1.82) is 0 Å². The van der Waals surface area contributed by atoms with E-state index >= 15 is 0 Å². The second kappa shape index (κ2) is 16.3. The molecule has 0 aliphatic carbocycles. The van der Waals surface area contributed by atoms with Crippen LogP contribution in [0.5, 0.6) is 0 Å². The lowest BCUT2D eigenvalue weighted by Gasteiger charge is -2.12. The minimum absolute atomic E-state index is 0.0742. The van der Waals surface area contributed by atoms with Crippen LogP contribution in [0.4, 0.5) is 0 Å². The largest absolute Gasteiger partial charge is 0.463 e. The third kappa shape index (κ3) is 16.0. The van der Waals surface area contributed by atoms with E-state index in [1.165, 1.54) is 25.6 Å². The van der Waals surface area contributed by atoms with E-state index < -0.39 is 36.1 Å². The van der Waals surface area contributed by atoms with E-state index in [2.05, 4.69) is 13.2 Å². The maximum Gasteiger partial charge on any atom is 0.333 e. The molecule has 0 aromatic heterocycles.